The van der Waals surface area contributed by atoms with E-state index in [9.17, 15) is 4.79 Å². The summed E-state index contributed by atoms with van der Waals surface area (Å²) in [7, 11) is 0. The quantitative estimate of drug-likeness (QED) is 0.762. The molecular weight excluding hydrogens is 302 g/mol. The third-order valence-electron chi connectivity index (χ3n) is 4.73. The minimum Gasteiger partial charge on any atom is -0.343 e. The molecule has 1 saturated heterocycles. The van der Waals surface area contributed by atoms with Gasteiger partial charge in [0.25, 0.3) is 0 Å². The Morgan fingerprint density at radius 2 is 1.87 bits per heavy atom. The van der Waals surface area contributed by atoms with Gasteiger partial charge in [-0.2, -0.15) is 0 Å². The fourth-order valence-electron chi connectivity index (χ4n) is 3.36. The van der Waals surface area contributed by atoms with E-state index in [1.807, 2.05) is 0 Å². The summed E-state index contributed by atoms with van der Waals surface area (Å²) in [5, 5.41) is 2.11. The lowest BCUT2D eigenvalue weighted by atomic mass is 9.90. The molecule has 1 fully saturated rings. The third-order valence-corrected chi connectivity index (χ3v) is 5.66. The summed E-state index contributed by atoms with van der Waals surface area (Å²) in [6.45, 7) is 1.88. The highest BCUT2D eigenvalue weighted by Gasteiger charge is 2.22. The number of carbonyl (C=O) groups excluding carboxylic acids is 1. The number of likely N-dealkylation sites (tertiary alicyclic amines) is 1. The van der Waals surface area contributed by atoms with Crippen LogP contribution in [0.1, 0.15) is 36.1 Å². The van der Waals surface area contributed by atoms with E-state index in [-0.39, 0.29) is 0 Å². The van der Waals surface area contributed by atoms with Crippen LogP contribution < -0.4 is 0 Å². The fourth-order valence-corrected chi connectivity index (χ4v) is 4.11. The van der Waals surface area contributed by atoms with E-state index < -0.39 is 0 Å². The summed E-state index contributed by atoms with van der Waals surface area (Å²) >= 11 is 1.79. The maximum atomic E-state index is 12.3. The van der Waals surface area contributed by atoms with Crippen molar-refractivity contribution in [3.63, 3.8) is 0 Å². The molecule has 0 unspecified atom stereocenters. The Labute approximate surface area is 143 Å². The van der Waals surface area contributed by atoms with Gasteiger partial charge in [-0.25, -0.2) is 0 Å². The lowest BCUT2D eigenvalue weighted by molar-refractivity contribution is -0.132. The van der Waals surface area contributed by atoms with Crippen LogP contribution in [0.15, 0.2) is 47.8 Å². The van der Waals surface area contributed by atoms with Crippen molar-refractivity contribution < 1.29 is 4.79 Å². The predicted molar refractivity (Wildman–Crippen MR) is 96.7 cm³/mol. The number of nitrogens with zero attached hydrogens (tertiary/aromatic N) is 1. The molecule has 3 heteroatoms. The topological polar surface area (TPSA) is 20.3 Å². The smallest absolute Gasteiger partial charge is 0.222 e. The van der Waals surface area contributed by atoms with E-state index in [1.54, 1.807) is 11.3 Å². The number of hydrogen-bond acceptors (Lipinski definition) is 2. The summed E-state index contributed by atoms with van der Waals surface area (Å²) in [6, 6.07) is 15.0. The second-order valence-corrected chi connectivity index (χ2v) is 7.48. The molecule has 0 aliphatic carbocycles. The largest absolute Gasteiger partial charge is 0.343 e. The lowest BCUT2D eigenvalue weighted by Crippen LogP contribution is -2.38. The number of piperidine rings is 1. The molecule has 3 rings (SSSR count). The zero-order chi connectivity index (χ0) is 15.9. The first kappa shape index (κ1) is 16.3. The molecule has 1 aromatic heterocycles. The van der Waals surface area contributed by atoms with Gasteiger partial charge in [0, 0.05) is 24.4 Å². The zero-order valence-electron chi connectivity index (χ0n) is 13.6. The molecule has 0 spiro atoms. The molecule has 0 radical (unpaired) electrons. The standard InChI is InChI=1S/C20H25NOS/c22-20(10-4-8-19-9-5-15-23-19)21-13-11-18(12-14-21)16-17-6-2-1-3-7-17/h1-3,5-7,9,15,18H,4,8,10-14,16H2. The number of thiophene rings is 1. The molecule has 2 nitrogen and oxygen atoms in total. The molecule has 0 saturated carbocycles. The summed E-state index contributed by atoms with van der Waals surface area (Å²) < 4.78 is 0. The first-order chi connectivity index (χ1) is 11.3. The van der Waals surface area contributed by atoms with Crippen molar-refractivity contribution >= 4 is 17.2 Å². The molecule has 1 amide bonds. The highest BCUT2D eigenvalue weighted by Crippen LogP contribution is 2.22. The highest BCUT2D eigenvalue weighted by atomic mass is 32.1. The van der Waals surface area contributed by atoms with Crippen molar-refractivity contribution in [2.45, 2.75) is 38.5 Å². The van der Waals surface area contributed by atoms with Crippen LogP contribution >= 0.6 is 11.3 Å². The van der Waals surface area contributed by atoms with Gasteiger partial charge in [-0.15, -0.1) is 11.3 Å². The van der Waals surface area contributed by atoms with Crippen LogP contribution in [0.3, 0.4) is 0 Å². The van der Waals surface area contributed by atoms with Crippen LogP contribution in [-0.2, 0) is 17.6 Å². The monoisotopic (exact) mass is 327 g/mol. The molecule has 122 valence electrons. The van der Waals surface area contributed by atoms with Gasteiger partial charge in [0.05, 0.1) is 0 Å². The fraction of sp³-hybridized carbons (Fsp3) is 0.450. The van der Waals surface area contributed by atoms with Crippen LogP contribution in [0.2, 0.25) is 0 Å². The Bertz CT molecular complexity index is 585. The van der Waals surface area contributed by atoms with Gasteiger partial charge in [-0.1, -0.05) is 36.4 Å². The number of aryl methyl sites for hydroxylation is 1. The summed E-state index contributed by atoms with van der Waals surface area (Å²) in [6.07, 6.45) is 6.15. The van der Waals surface area contributed by atoms with Gasteiger partial charge < -0.3 is 4.90 Å². The second kappa shape index (κ2) is 8.30. The van der Waals surface area contributed by atoms with Crippen molar-refractivity contribution in [1.82, 2.24) is 4.90 Å². The van der Waals surface area contributed by atoms with E-state index in [4.69, 9.17) is 0 Å². The Kier molecular flexibility index (Phi) is 5.87. The van der Waals surface area contributed by atoms with Crippen molar-refractivity contribution in [2.75, 3.05) is 13.1 Å². The van der Waals surface area contributed by atoms with E-state index in [0.29, 0.717) is 12.3 Å². The highest BCUT2D eigenvalue weighted by molar-refractivity contribution is 7.09. The SMILES string of the molecule is O=C(CCCc1cccs1)N1CCC(Cc2ccccc2)CC1. The van der Waals surface area contributed by atoms with Crippen LogP contribution in [0.5, 0.6) is 0 Å². The summed E-state index contributed by atoms with van der Waals surface area (Å²) in [4.78, 5) is 15.8. The van der Waals surface area contributed by atoms with Crippen LogP contribution in [0.25, 0.3) is 0 Å². The number of benzene rings is 1. The van der Waals surface area contributed by atoms with Gasteiger partial charge in [0.2, 0.25) is 5.91 Å². The molecule has 2 aromatic rings. The van der Waals surface area contributed by atoms with E-state index in [2.05, 4.69) is 52.7 Å². The Morgan fingerprint density at radius 3 is 2.57 bits per heavy atom. The predicted octanol–water partition coefficient (Wildman–Crippen LogP) is 4.55. The molecule has 0 N–H and O–H groups in total. The van der Waals surface area contributed by atoms with Gasteiger partial charge in [-0.05, 0) is 55.0 Å². The molecule has 0 atom stereocenters. The second-order valence-electron chi connectivity index (χ2n) is 6.45. The normalized spacial score (nSPS) is 15.7. The van der Waals surface area contributed by atoms with Crippen LogP contribution in [0.4, 0.5) is 0 Å². The van der Waals surface area contributed by atoms with E-state index >= 15 is 0 Å². The Morgan fingerprint density at radius 1 is 1.09 bits per heavy atom. The maximum absolute atomic E-state index is 12.3. The molecule has 1 aromatic carbocycles. The van der Waals surface area contributed by atoms with Crippen LogP contribution in [-0.4, -0.2) is 23.9 Å². The Balaban J connectivity index is 1.37. The van der Waals surface area contributed by atoms with Gasteiger partial charge >= 0.3 is 0 Å². The molecule has 1 aliphatic heterocycles. The molecule has 1 aliphatic rings. The molecule has 0 bridgehead atoms. The maximum Gasteiger partial charge on any atom is 0.222 e. The number of amides is 1. The number of carbonyl (C=O) groups is 1. The minimum atomic E-state index is 0.347. The van der Waals surface area contributed by atoms with E-state index in [0.717, 1.165) is 51.1 Å². The minimum absolute atomic E-state index is 0.347. The third kappa shape index (κ3) is 4.93. The molecular formula is C20H25NOS. The zero-order valence-corrected chi connectivity index (χ0v) is 14.4. The van der Waals surface area contributed by atoms with Crippen molar-refractivity contribution in [1.29, 1.82) is 0 Å². The average molecular weight is 327 g/mol. The number of hydrogen-bond donors (Lipinski definition) is 0. The molecule has 23 heavy (non-hydrogen) atoms. The summed E-state index contributed by atoms with van der Waals surface area (Å²) in [5.41, 5.74) is 1.42. The van der Waals surface area contributed by atoms with Crippen LogP contribution in [0, 0.1) is 5.92 Å². The Hall–Kier alpha value is -1.61. The van der Waals surface area contributed by atoms with E-state index in [1.165, 1.54) is 10.4 Å². The van der Waals surface area contributed by atoms with Gasteiger partial charge in [0.15, 0.2) is 0 Å². The average Bonchev–Trinajstić information content (AvgIpc) is 3.10. The van der Waals surface area contributed by atoms with Crippen molar-refractivity contribution in [3.05, 3.63) is 58.3 Å². The van der Waals surface area contributed by atoms with Crippen molar-refractivity contribution in [3.8, 4) is 0 Å². The van der Waals surface area contributed by atoms with Crippen molar-refractivity contribution in [2.24, 2.45) is 5.92 Å². The van der Waals surface area contributed by atoms with Gasteiger partial charge in [0.1, 0.15) is 0 Å². The first-order valence-corrected chi connectivity index (χ1v) is 9.53. The van der Waals surface area contributed by atoms with Gasteiger partial charge in [-0.3, -0.25) is 4.79 Å². The molecule has 2 heterocycles. The lowest BCUT2D eigenvalue weighted by Gasteiger charge is -2.32. The first-order valence-electron chi connectivity index (χ1n) is 8.65. The summed E-state index contributed by atoms with van der Waals surface area (Å²) in [5.74, 6) is 1.08. The number of rotatable bonds is 6.